The molecule has 7 heteroatoms. The molecule has 1 aromatic rings. The lowest BCUT2D eigenvalue weighted by molar-refractivity contribution is 0.458. The molecule has 0 aliphatic heterocycles. The van der Waals surface area contributed by atoms with E-state index < -0.39 is 26.4 Å². The first-order valence-corrected chi connectivity index (χ1v) is 6.66. The maximum Gasteiger partial charge on any atom is 0.237 e. The van der Waals surface area contributed by atoms with E-state index in [4.69, 9.17) is 10.7 Å². The van der Waals surface area contributed by atoms with Gasteiger partial charge in [-0.3, -0.25) is 0 Å². The standard InChI is InChI=1S/C7H5BrClFO3S/c8-5-1-2-6(10)4(7(5)11)3-14(9,12)13/h1-2,11H,3H2. The number of hydrogen-bond donors (Lipinski definition) is 1. The highest BCUT2D eigenvalue weighted by atomic mass is 79.9. The second-order valence-corrected chi connectivity index (χ2v) is 6.17. The van der Waals surface area contributed by atoms with Crippen molar-refractivity contribution in [1.82, 2.24) is 0 Å². The van der Waals surface area contributed by atoms with Gasteiger partial charge in [0.2, 0.25) is 9.05 Å². The molecular formula is C7H5BrClFO3S. The van der Waals surface area contributed by atoms with Crippen LogP contribution in [-0.4, -0.2) is 13.5 Å². The molecule has 0 aromatic heterocycles. The number of phenols is 1. The Morgan fingerprint density at radius 1 is 1.50 bits per heavy atom. The van der Waals surface area contributed by atoms with Crippen molar-refractivity contribution >= 4 is 35.7 Å². The molecule has 78 valence electrons. The smallest absolute Gasteiger partial charge is 0.237 e. The Labute approximate surface area is 93.1 Å². The summed E-state index contributed by atoms with van der Waals surface area (Å²) in [6.07, 6.45) is 0. The van der Waals surface area contributed by atoms with Crippen LogP contribution in [0.5, 0.6) is 5.75 Å². The molecule has 0 unspecified atom stereocenters. The zero-order valence-electron chi connectivity index (χ0n) is 6.67. The van der Waals surface area contributed by atoms with Gasteiger partial charge in [-0.15, -0.1) is 0 Å². The van der Waals surface area contributed by atoms with E-state index in [2.05, 4.69) is 15.9 Å². The van der Waals surface area contributed by atoms with Crippen LogP contribution in [0.1, 0.15) is 5.56 Å². The van der Waals surface area contributed by atoms with Gasteiger partial charge in [-0.25, -0.2) is 12.8 Å². The van der Waals surface area contributed by atoms with Crippen molar-refractivity contribution in [1.29, 1.82) is 0 Å². The van der Waals surface area contributed by atoms with Gasteiger partial charge in [0.1, 0.15) is 11.6 Å². The van der Waals surface area contributed by atoms with Gasteiger partial charge in [0.15, 0.2) is 0 Å². The molecule has 1 aromatic carbocycles. The van der Waals surface area contributed by atoms with Crippen LogP contribution in [0.3, 0.4) is 0 Å². The number of benzene rings is 1. The van der Waals surface area contributed by atoms with Crippen molar-refractivity contribution in [3.63, 3.8) is 0 Å². The Morgan fingerprint density at radius 3 is 2.57 bits per heavy atom. The van der Waals surface area contributed by atoms with Crippen LogP contribution in [0.2, 0.25) is 0 Å². The van der Waals surface area contributed by atoms with Gasteiger partial charge < -0.3 is 5.11 Å². The first-order valence-electron chi connectivity index (χ1n) is 3.39. The summed E-state index contributed by atoms with van der Waals surface area (Å²) in [5.41, 5.74) is -0.339. The summed E-state index contributed by atoms with van der Waals surface area (Å²) >= 11 is 2.93. The first kappa shape index (κ1) is 11.7. The molecule has 0 amide bonds. The highest BCUT2D eigenvalue weighted by Gasteiger charge is 2.17. The third kappa shape index (κ3) is 2.83. The van der Waals surface area contributed by atoms with Crippen molar-refractivity contribution in [3.8, 4) is 5.75 Å². The molecule has 1 N–H and O–H groups in total. The minimum absolute atomic E-state index is 0.217. The fourth-order valence-corrected chi connectivity index (χ4v) is 2.21. The molecule has 0 saturated carbocycles. The van der Waals surface area contributed by atoms with E-state index >= 15 is 0 Å². The largest absolute Gasteiger partial charge is 0.506 e. The van der Waals surface area contributed by atoms with E-state index in [-0.39, 0.29) is 10.0 Å². The highest BCUT2D eigenvalue weighted by molar-refractivity contribution is 9.10. The van der Waals surface area contributed by atoms with Gasteiger partial charge in [0, 0.05) is 16.2 Å². The van der Waals surface area contributed by atoms with Gasteiger partial charge >= 0.3 is 0 Å². The van der Waals surface area contributed by atoms with E-state index in [1.54, 1.807) is 0 Å². The summed E-state index contributed by atoms with van der Waals surface area (Å²) in [4.78, 5) is 0. The van der Waals surface area contributed by atoms with Gasteiger partial charge in [-0.2, -0.15) is 0 Å². The third-order valence-electron chi connectivity index (χ3n) is 1.49. The van der Waals surface area contributed by atoms with Gasteiger partial charge in [-0.05, 0) is 28.1 Å². The molecule has 0 bridgehead atoms. The molecule has 0 heterocycles. The van der Waals surface area contributed by atoms with Gasteiger partial charge in [-0.1, -0.05) is 0 Å². The van der Waals surface area contributed by atoms with Crippen LogP contribution in [0, 0.1) is 5.82 Å². The van der Waals surface area contributed by atoms with E-state index in [1.807, 2.05) is 0 Å². The average molecular weight is 304 g/mol. The van der Waals surface area contributed by atoms with Crippen LogP contribution in [0.25, 0.3) is 0 Å². The maximum absolute atomic E-state index is 13.1. The minimum atomic E-state index is -3.89. The van der Waals surface area contributed by atoms with E-state index in [0.717, 1.165) is 6.07 Å². The molecule has 14 heavy (non-hydrogen) atoms. The fourth-order valence-electron chi connectivity index (χ4n) is 0.893. The zero-order chi connectivity index (χ0) is 10.9. The molecule has 3 nitrogen and oxygen atoms in total. The molecule has 0 fully saturated rings. The summed E-state index contributed by atoms with van der Waals surface area (Å²) in [7, 11) is 1.06. The maximum atomic E-state index is 13.1. The summed E-state index contributed by atoms with van der Waals surface area (Å²) in [5.74, 6) is -2.00. The summed E-state index contributed by atoms with van der Waals surface area (Å²) in [6.45, 7) is 0. The predicted octanol–water partition coefficient (Wildman–Crippen LogP) is 2.36. The van der Waals surface area contributed by atoms with Crippen LogP contribution >= 0.6 is 26.6 Å². The Kier molecular flexibility index (Phi) is 3.39. The average Bonchev–Trinajstić information content (AvgIpc) is 2.04. The number of aromatic hydroxyl groups is 1. The molecular weight excluding hydrogens is 298 g/mol. The van der Waals surface area contributed by atoms with Gasteiger partial charge in [0.25, 0.3) is 0 Å². The normalized spacial score (nSPS) is 11.6. The van der Waals surface area contributed by atoms with Crippen molar-refractivity contribution < 1.29 is 17.9 Å². The Morgan fingerprint density at radius 2 is 2.07 bits per heavy atom. The molecule has 0 atom stereocenters. The van der Waals surface area contributed by atoms with Gasteiger partial charge in [0.05, 0.1) is 10.2 Å². The molecule has 0 saturated heterocycles. The predicted molar refractivity (Wildman–Crippen MR) is 54.2 cm³/mol. The summed E-state index contributed by atoms with van der Waals surface area (Å²) in [6, 6.07) is 2.32. The quantitative estimate of drug-likeness (QED) is 0.853. The first-order chi connectivity index (χ1) is 6.31. The van der Waals surface area contributed by atoms with Crippen LogP contribution < -0.4 is 0 Å². The fraction of sp³-hybridized carbons (Fsp3) is 0.143. The SMILES string of the molecule is O=S(=O)(Cl)Cc1c(F)ccc(Br)c1O. The van der Waals surface area contributed by atoms with Crippen molar-refractivity contribution in [2.75, 3.05) is 0 Å². The highest BCUT2D eigenvalue weighted by Crippen LogP contribution is 2.31. The van der Waals surface area contributed by atoms with E-state index in [1.165, 1.54) is 6.07 Å². The summed E-state index contributed by atoms with van der Waals surface area (Å²) < 4.78 is 34.7. The molecule has 0 spiro atoms. The lowest BCUT2D eigenvalue weighted by atomic mass is 10.2. The van der Waals surface area contributed by atoms with Crippen molar-refractivity contribution in [2.45, 2.75) is 5.75 Å². The number of phenolic OH excluding ortho intramolecular Hbond substituents is 1. The topological polar surface area (TPSA) is 54.4 Å². The van der Waals surface area contributed by atoms with Crippen LogP contribution in [0.15, 0.2) is 16.6 Å². The number of rotatable bonds is 2. The number of hydrogen-bond acceptors (Lipinski definition) is 3. The van der Waals surface area contributed by atoms with Crippen molar-refractivity contribution in [3.05, 3.63) is 28.0 Å². The molecule has 0 aliphatic carbocycles. The summed E-state index contributed by atoms with van der Waals surface area (Å²) in [5, 5.41) is 9.33. The Bertz CT molecular complexity index is 460. The Hall–Kier alpha value is -0.330. The molecule has 1 rings (SSSR count). The monoisotopic (exact) mass is 302 g/mol. The van der Waals surface area contributed by atoms with Crippen LogP contribution in [-0.2, 0) is 14.8 Å². The number of halogens is 3. The third-order valence-corrected chi connectivity index (χ3v) is 3.09. The Balaban J connectivity index is 3.27. The van der Waals surface area contributed by atoms with E-state index in [0.29, 0.717) is 0 Å². The van der Waals surface area contributed by atoms with Crippen molar-refractivity contribution in [2.24, 2.45) is 0 Å². The molecule has 0 aliphatic rings. The second-order valence-electron chi connectivity index (χ2n) is 2.54. The molecule has 0 radical (unpaired) electrons. The van der Waals surface area contributed by atoms with Crippen LogP contribution in [0.4, 0.5) is 4.39 Å². The zero-order valence-corrected chi connectivity index (χ0v) is 9.83. The minimum Gasteiger partial charge on any atom is -0.506 e. The second kappa shape index (κ2) is 4.04. The van der Waals surface area contributed by atoms with E-state index in [9.17, 15) is 17.9 Å². The lowest BCUT2D eigenvalue weighted by Crippen LogP contribution is -1.99. The lowest BCUT2D eigenvalue weighted by Gasteiger charge is -2.05.